The van der Waals surface area contributed by atoms with Crippen LogP contribution >= 0.6 is 0 Å². The zero-order chi connectivity index (χ0) is 22.3. The van der Waals surface area contributed by atoms with Gasteiger partial charge in [-0.15, -0.1) is 0 Å². The number of fused-ring (bicyclic) bond motifs is 1. The van der Waals surface area contributed by atoms with Crippen molar-refractivity contribution in [2.24, 2.45) is 28.7 Å². The van der Waals surface area contributed by atoms with Gasteiger partial charge in [0, 0.05) is 26.2 Å². The van der Waals surface area contributed by atoms with E-state index >= 15 is 0 Å². The molecule has 0 bridgehead atoms. The molecular weight excluding hydrogens is 406 g/mol. The quantitative estimate of drug-likeness (QED) is 0.648. The fourth-order valence-electron chi connectivity index (χ4n) is 7.24. The smallest absolute Gasteiger partial charge is 0.226 e. The highest BCUT2D eigenvalue weighted by Crippen LogP contribution is 2.54. The molecule has 170 valence electrons. The minimum absolute atomic E-state index is 0.655. The van der Waals surface area contributed by atoms with E-state index in [1.807, 2.05) is 0 Å². The van der Waals surface area contributed by atoms with Crippen LogP contribution < -0.4 is 10.4 Å². The standard InChI is InChI=1S/C28H39N3Si/c1-21-22(2)24(4)27(23(21)3)32(25-13-7-5-8-14-25,26-15-9-6-10-16-26)31-20-12-19-30-18-11-17-29-28(30)31/h5-10,13-16,21-24,27H,11-12,17-20H2,1-4H3. The Hall–Kier alpha value is -2.07. The van der Waals surface area contributed by atoms with E-state index in [1.54, 1.807) is 10.4 Å². The second-order valence-corrected chi connectivity index (χ2v) is 14.4. The molecule has 1 saturated carbocycles. The van der Waals surface area contributed by atoms with Crippen LogP contribution in [0.2, 0.25) is 5.54 Å². The third-order valence-corrected chi connectivity index (χ3v) is 14.8. The van der Waals surface area contributed by atoms with Crippen LogP contribution in [-0.4, -0.2) is 49.8 Å². The summed E-state index contributed by atoms with van der Waals surface area (Å²) in [6.07, 6.45) is 2.42. The lowest BCUT2D eigenvalue weighted by Gasteiger charge is -2.55. The number of hydrogen-bond acceptors (Lipinski definition) is 3. The van der Waals surface area contributed by atoms with Crippen molar-refractivity contribution in [3.05, 3.63) is 60.7 Å². The van der Waals surface area contributed by atoms with Crippen molar-refractivity contribution in [3.63, 3.8) is 0 Å². The third kappa shape index (κ3) is 3.25. The highest BCUT2D eigenvalue weighted by Gasteiger charge is 2.60. The highest BCUT2D eigenvalue weighted by molar-refractivity contribution is 7.02. The first-order valence-corrected chi connectivity index (χ1v) is 14.8. The molecule has 0 radical (unpaired) electrons. The Morgan fingerprint density at radius 3 is 1.78 bits per heavy atom. The van der Waals surface area contributed by atoms with Crippen molar-refractivity contribution < 1.29 is 0 Å². The van der Waals surface area contributed by atoms with Gasteiger partial charge in [0.25, 0.3) is 0 Å². The molecule has 2 fully saturated rings. The van der Waals surface area contributed by atoms with Crippen molar-refractivity contribution in [1.82, 2.24) is 9.47 Å². The van der Waals surface area contributed by atoms with Crippen LogP contribution in [0.3, 0.4) is 0 Å². The van der Waals surface area contributed by atoms with Crippen molar-refractivity contribution >= 4 is 24.6 Å². The van der Waals surface area contributed by atoms with E-state index in [-0.39, 0.29) is 0 Å². The van der Waals surface area contributed by atoms with Crippen molar-refractivity contribution in [2.75, 3.05) is 26.2 Å². The monoisotopic (exact) mass is 445 g/mol. The Balaban J connectivity index is 1.81. The highest BCUT2D eigenvalue weighted by atomic mass is 28.3. The molecule has 2 heterocycles. The Kier molecular flexibility index (Phi) is 5.91. The van der Waals surface area contributed by atoms with Gasteiger partial charge >= 0.3 is 0 Å². The molecule has 2 aromatic rings. The van der Waals surface area contributed by atoms with Crippen molar-refractivity contribution in [1.29, 1.82) is 0 Å². The molecule has 2 aromatic carbocycles. The second-order valence-electron chi connectivity index (χ2n) is 10.5. The van der Waals surface area contributed by atoms with Crippen LogP contribution in [0.4, 0.5) is 0 Å². The molecule has 4 heteroatoms. The van der Waals surface area contributed by atoms with E-state index in [2.05, 4.69) is 97.8 Å². The first-order valence-electron chi connectivity index (χ1n) is 12.7. The normalized spacial score (nSPS) is 30.8. The molecule has 4 atom stereocenters. The van der Waals surface area contributed by atoms with Gasteiger partial charge in [-0.2, -0.15) is 0 Å². The molecule has 5 rings (SSSR count). The molecule has 0 aromatic heterocycles. The van der Waals surface area contributed by atoms with Gasteiger partial charge in [-0.3, -0.25) is 4.99 Å². The summed E-state index contributed by atoms with van der Waals surface area (Å²) in [4.78, 5) is 7.81. The van der Waals surface area contributed by atoms with Gasteiger partial charge in [0.15, 0.2) is 5.96 Å². The van der Waals surface area contributed by atoms with Crippen LogP contribution in [0.15, 0.2) is 65.7 Å². The van der Waals surface area contributed by atoms with E-state index in [9.17, 15) is 0 Å². The molecule has 4 unspecified atom stereocenters. The Morgan fingerprint density at radius 1 is 0.688 bits per heavy atom. The summed E-state index contributed by atoms with van der Waals surface area (Å²) in [5, 5.41) is 3.12. The maximum Gasteiger partial charge on any atom is 0.226 e. The van der Waals surface area contributed by atoms with Crippen molar-refractivity contribution in [3.8, 4) is 0 Å². The largest absolute Gasteiger partial charge is 0.361 e. The Bertz CT molecular complexity index is 890. The van der Waals surface area contributed by atoms with E-state index in [0.717, 1.165) is 38.0 Å². The van der Waals surface area contributed by atoms with Gasteiger partial charge in [-0.25, -0.2) is 0 Å². The summed E-state index contributed by atoms with van der Waals surface area (Å²) >= 11 is 0. The summed E-state index contributed by atoms with van der Waals surface area (Å²) in [5.74, 6) is 4.15. The van der Waals surface area contributed by atoms with Crippen molar-refractivity contribution in [2.45, 2.75) is 46.1 Å². The number of rotatable bonds is 4. The minimum Gasteiger partial charge on any atom is -0.361 e. The lowest BCUT2D eigenvalue weighted by atomic mass is 9.92. The van der Waals surface area contributed by atoms with Crippen LogP contribution in [-0.2, 0) is 0 Å². The minimum atomic E-state index is -2.37. The Morgan fingerprint density at radius 2 is 1.22 bits per heavy atom. The summed E-state index contributed by atoms with van der Waals surface area (Å²) in [6.45, 7) is 14.5. The van der Waals surface area contributed by atoms with E-state index in [1.165, 1.54) is 18.8 Å². The van der Waals surface area contributed by atoms with Gasteiger partial charge < -0.3 is 9.47 Å². The predicted molar refractivity (Wildman–Crippen MR) is 138 cm³/mol. The molecular formula is C28H39N3Si. The fraction of sp³-hybridized carbons (Fsp3) is 0.536. The molecule has 3 nitrogen and oxygen atoms in total. The van der Waals surface area contributed by atoms with Gasteiger partial charge in [-0.1, -0.05) is 88.4 Å². The first kappa shape index (κ1) is 21.8. The number of hydrogen-bond donors (Lipinski definition) is 0. The molecule has 3 aliphatic rings. The molecule has 1 saturated heterocycles. The topological polar surface area (TPSA) is 18.8 Å². The van der Waals surface area contributed by atoms with Crippen LogP contribution in [0.25, 0.3) is 0 Å². The van der Waals surface area contributed by atoms with E-state index < -0.39 is 8.24 Å². The summed E-state index contributed by atoms with van der Waals surface area (Å²) in [5.41, 5.74) is 0.655. The van der Waals surface area contributed by atoms with Crippen LogP contribution in [0.5, 0.6) is 0 Å². The third-order valence-electron chi connectivity index (χ3n) is 9.13. The number of aliphatic imine (C=N–C) groups is 1. The Labute approximate surface area is 195 Å². The first-order chi connectivity index (χ1) is 15.6. The molecule has 0 N–H and O–H groups in total. The number of nitrogens with zero attached hydrogens (tertiary/aromatic N) is 3. The van der Waals surface area contributed by atoms with Gasteiger partial charge in [0.1, 0.15) is 0 Å². The molecule has 32 heavy (non-hydrogen) atoms. The SMILES string of the molecule is CC1C(C)C(C)C([Si](c2ccccc2)(c2ccccc2)N2CCCN3CCCN=C32)C1C. The summed E-state index contributed by atoms with van der Waals surface area (Å²) in [7, 11) is -2.37. The maximum atomic E-state index is 5.21. The lowest BCUT2D eigenvalue weighted by molar-refractivity contribution is 0.292. The maximum absolute atomic E-state index is 5.21. The summed E-state index contributed by atoms with van der Waals surface area (Å²) < 4.78 is 2.88. The average Bonchev–Trinajstić information content (AvgIpc) is 3.04. The molecule has 2 aliphatic heterocycles. The van der Waals surface area contributed by atoms with Gasteiger partial charge in [0.05, 0.1) is 0 Å². The second kappa shape index (κ2) is 8.70. The average molecular weight is 446 g/mol. The van der Waals surface area contributed by atoms with Gasteiger partial charge in [-0.05, 0) is 52.4 Å². The summed E-state index contributed by atoms with van der Waals surface area (Å²) in [6, 6.07) is 23.2. The van der Waals surface area contributed by atoms with Crippen LogP contribution in [0.1, 0.15) is 40.5 Å². The zero-order valence-electron chi connectivity index (χ0n) is 20.2. The lowest BCUT2D eigenvalue weighted by Crippen LogP contribution is -2.78. The predicted octanol–water partition coefficient (Wildman–Crippen LogP) is 4.44. The van der Waals surface area contributed by atoms with Gasteiger partial charge in [0.2, 0.25) is 8.24 Å². The fourth-order valence-corrected chi connectivity index (χ4v) is 13.9. The van der Waals surface area contributed by atoms with E-state index in [0.29, 0.717) is 17.4 Å². The number of guanidine groups is 1. The molecule has 0 spiro atoms. The molecule has 0 amide bonds. The van der Waals surface area contributed by atoms with Crippen LogP contribution in [0, 0.1) is 23.7 Å². The van der Waals surface area contributed by atoms with E-state index in [4.69, 9.17) is 4.99 Å². The molecule has 1 aliphatic carbocycles. The number of benzene rings is 2. The zero-order valence-corrected chi connectivity index (χ0v) is 21.2.